The van der Waals surface area contributed by atoms with Crippen molar-refractivity contribution in [3.63, 3.8) is 0 Å². The average Bonchev–Trinajstić information content (AvgIpc) is 2.26. The van der Waals surface area contributed by atoms with Crippen molar-refractivity contribution >= 4 is 11.4 Å². The molecule has 0 spiro atoms. The maximum atomic E-state index is 11.6. The molecule has 0 amide bonds. The molecule has 0 saturated heterocycles. The van der Waals surface area contributed by atoms with Crippen molar-refractivity contribution in [1.29, 1.82) is 0 Å². The fourth-order valence-electron chi connectivity index (χ4n) is 2.07. The summed E-state index contributed by atoms with van der Waals surface area (Å²) in [7, 11) is 0. The number of rotatable bonds is 4. The lowest BCUT2D eigenvalue weighted by Crippen LogP contribution is -2.01. The van der Waals surface area contributed by atoms with E-state index in [0.717, 1.165) is 24.0 Å². The molecule has 0 aliphatic rings. The Morgan fingerprint density at radius 2 is 2.06 bits per heavy atom. The van der Waals surface area contributed by atoms with Crippen molar-refractivity contribution in [3.05, 3.63) is 41.0 Å². The maximum Gasteiger partial charge on any atom is 0.160 e. The Labute approximate surface area is 98.2 Å². The monoisotopic (exact) mass is 216 g/mol. The van der Waals surface area contributed by atoms with Crippen LogP contribution in [0.15, 0.2) is 24.3 Å². The van der Waals surface area contributed by atoms with E-state index in [4.69, 9.17) is 0 Å². The summed E-state index contributed by atoms with van der Waals surface area (Å²) >= 11 is 0. The van der Waals surface area contributed by atoms with Gasteiger partial charge in [0.15, 0.2) is 5.78 Å². The van der Waals surface area contributed by atoms with Gasteiger partial charge in [0, 0.05) is 5.56 Å². The summed E-state index contributed by atoms with van der Waals surface area (Å²) in [5.41, 5.74) is 4.46. The SMILES string of the molecule is C/C=C(/CCC)c1c(C)cccc1C(C)=O. The summed E-state index contributed by atoms with van der Waals surface area (Å²) in [6, 6.07) is 5.94. The van der Waals surface area contributed by atoms with Crippen LogP contribution in [0.25, 0.3) is 5.57 Å². The zero-order chi connectivity index (χ0) is 12.1. The summed E-state index contributed by atoms with van der Waals surface area (Å²) in [5, 5.41) is 0. The zero-order valence-electron chi connectivity index (χ0n) is 10.6. The van der Waals surface area contributed by atoms with E-state index in [1.54, 1.807) is 6.92 Å². The molecule has 0 aliphatic carbocycles. The second-order valence-corrected chi connectivity index (χ2v) is 4.12. The first-order valence-corrected chi connectivity index (χ1v) is 5.87. The Balaban J connectivity index is 3.34. The lowest BCUT2D eigenvalue weighted by molar-refractivity contribution is 0.101. The lowest BCUT2D eigenvalue weighted by Gasteiger charge is -2.13. The highest BCUT2D eigenvalue weighted by molar-refractivity contribution is 5.99. The van der Waals surface area contributed by atoms with Crippen LogP contribution >= 0.6 is 0 Å². The zero-order valence-corrected chi connectivity index (χ0v) is 10.6. The molecule has 0 saturated carbocycles. The first-order valence-electron chi connectivity index (χ1n) is 5.87. The van der Waals surface area contributed by atoms with E-state index in [9.17, 15) is 4.79 Å². The third kappa shape index (κ3) is 2.60. The predicted octanol–water partition coefficient (Wildman–Crippen LogP) is 4.40. The number of aryl methyl sites for hydroxylation is 1. The van der Waals surface area contributed by atoms with E-state index in [1.165, 1.54) is 11.1 Å². The van der Waals surface area contributed by atoms with Crippen LogP contribution in [-0.4, -0.2) is 5.78 Å². The van der Waals surface area contributed by atoms with Gasteiger partial charge in [0.05, 0.1) is 0 Å². The molecule has 1 aromatic carbocycles. The second kappa shape index (κ2) is 5.64. The molecule has 86 valence electrons. The second-order valence-electron chi connectivity index (χ2n) is 4.12. The van der Waals surface area contributed by atoms with Gasteiger partial charge < -0.3 is 0 Å². The van der Waals surface area contributed by atoms with Crippen LogP contribution in [0, 0.1) is 6.92 Å². The van der Waals surface area contributed by atoms with Crippen molar-refractivity contribution in [3.8, 4) is 0 Å². The van der Waals surface area contributed by atoms with Gasteiger partial charge in [-0.25, -0.2) is 0 Å². The van der Waals surface area contributed by atoms with Crippen LogP contribution in [0.4, 0.5) is 0 Å². The van der Waals surface area contributed by atoms with Crippen molar-refractivity contribution in [2.24, 2.45) is 0 Å². The number of allylic oxidation sites excluding steroid dienone is 2. The summed E-state index contributed by atoms with van der Waals surface area (Å²) in [5.74, 6) is 0.147. The molecule has 1 rings (SSSR count). The minimum atomic E-state index is 0.147. The Hall–Kier alpha value is -1.37. The van der Waals surface area contributed by atoms with Crippen molar-refractivity contribution in [2.75, 3.05) is 0 Å². The maximum absolute atomic E-state index is 11.6. The summed E-state index contributed by atoms with van der Waals surface area (Å²) in [6.45, 7) is 7.91. The van der Waals surface area contributed by atoms with Crippen LogP contribution < -0.4 is 0 Å². The van der Waals surface area contributed by atoms with Crippen LogP contribution in [0.1, 0.15) is 55.1 Å². The number of hydrogen-bond acceptors (Lipinski definition) is 1. The molecule has 1 aromatic rings. The minimum Gasteiger partial charge on any atom is -0.294 e. The van der Waals surface area contributed by atoms with Crippen LogP contribution in [0.2, 0.25) is 0 Å². The standard InChI is InChI=1S/C15H20O/c1-5-8-13(6-2)15-11(3)9-7-10-14(15)12(4)16/h6-7,9-10H,5,8H2,1-4H3/b13-6-. The molecule has 0 unspecified atom stereocenters. The Morgan fingerprint density at radius 3 is 2.56 bits per heavy atom. The first kappa shape index (κ1) is 12.7. The quantitative estimate of drug-likeness (QED) is 0.682. The van der Waals surface area contributed by atoms with Gasteiger partial charge in [-0.15, -0.1) is 0 Å². The number of Topliss-reactive ketones (excluding diaryl/α,β-unsaturated/α-hetero) is 1. The van der Waals surface area contributed by atoms with Gasteiger partial charge in [-0.2, -0.15) is 0 Å². The van der Waals surface area contributed by atoms with E-state index in [0.29, 0.717) is 0 Å². The molecular formula is C15H20O. The molecular weight excluding hydrogens is 196 g/mol. The van der Waals surface area contributed by atoms with Gasteiger partial charge in [-0.05, 0) is 43.9 Å². The van der Waals surface area contributed by atoms with E-state index in [2.05, 4.69) is 26.0 Å². The van der Waals surface area contributed by atoms with Gasteiger partial charge in [-0.1, -0.05) is 37.6 Å². The Kier molecular flexibility index (Phi) is 4.48. The largest absolute Gasteiger partial charge is 0.294 e. The molecule has 0 aliphatic heterocycles. The van der Waals surface area contributed by atoms with Crippen LogP contribution in [-0.2, 0) is 0 Å². The molecule has 0 bridgehead atoms. The van der Waals surface area contributed by atoms with Gasteiger partial charge in [0.25, 0.3) is 0 Å². The summed E-state index contributed by atoms with van der Waals surface area (Å²) in [4.78, 5) is 11.6. The number of carbonyl (C=O) groups excluding carboxylic acids is 1. The smallest absolute Gasteiger partial charge is 0.160 e. The molecule has 0 heterocycles. The number of hydrogen-bond donors (Lipinski definition) is 0. The number of carbonyl (C=O) groups is 1. The van der Waals surface area contributed by atoms with Crippen molar-refractivity contribution < 1.29 is 4.79 Å². The van der Waals surface area contributed by atoms with E-state index in [-0.39, 0.29) is 5.78 Å². The average molecular weight is 216 g/mol. The molecule has 0 fully saturated rings. The number of benzene rings is 1. The lowest BCUT2D eigenvalue weighted by atomic mass is 9.91. The summed E-state index contributed by atoms with van der Waals surface area (Å²) < 4.78 is 0. The summed E-state index contributed by atoms with van der Waals surface area (Å²) in [6.07, 6.45) is 4.26. The molecule has 0 atom stereocenters. The van der Waals surface area contributed by atoms with Gasteiger partial charge in [0.1, 0.15) is 0 Å². The van der Waals surface area contributed by atoms with E-state index < -0.39 is 0 Å². The van der Waals surface area contributed by atoms with Gasteiger partial charge in [0.2, 0.25) is 0 Å². The van der Waals surface area contributed by atoms with Gasteiger partial charge >= 0.3 is 0 Å². The third-order valence-corrected chi connectivity index (χ3v) is 2.84. The molecule has 0 N–H and O–H groups in total. The topological polar surface area (TPSA) is 17.1 Å². The highest BCUT2D eigenvalue weighted by Crippen LogP contribution is 2.27. The minimum absolute atomic E-state index is 0.147. The highest BCUT2D eigenvalue weighted by Gasteiger charge is 2.12. The van der Waals surface area contributed by atoms with Crippen molar-refractivity contribution in [1.82, 2.24) is 0 Å². The fourth-order valence-corrected chi connectivity index (χ4v) is 2.07. The normalized spacial score (nSPS) is 11.6. The molecule has 1 heteroatoms. The van der Waals surface area contributed by atoms with Crippen LogP contribution in [0.3, 0.4) is 0 Å². The fraction of sp³-hybridized carbons (Fsp3) is 0.400. The predicted molar refractivity (Wildman–Crippen MR) is 69.7 cm³/mol. The Bertz CT molecular complexity index is 413. The molecule has 0 radical (unpaired) electrons. The van der Waals surface area contributed by atoms with Crippen molar-refractivity contribution in [2.45, 2.75) is 40.5 Å². The molecule has 16 heavy (non-hydrogen) atoms. The van der Waals surface area contributed by atoms with Crippen LogP contribution in [0.5, 0.6) is 0 Å². The third-order valence-electron chi connectivity index (χ3n) is 2.84. The Morgan fingerprint density at radius 1 is 1.38 bits per heavy atom. The van der Waals surface area contributed by atoms with E-state index in [1.807, 2.05) is 19.1 Å². The van der Waals surface area contributed by atoms with Gasteiger partial charge in [-0.3, -0.25) is 4.79 Å². The first-order chi connectivity index (χ1) is 7.61. The number of ketones is 1. The highest BCUT2D eigenvalue weighted by atomic mass is 16.1. The molecule has 1 nitrogen and oxygen atoms in total. The van der Waals surface area contributed by atoms with E-state index >= 15 is 0 Å². The molecule has 0 aromatic heterocycles.